The van der Waals surface area contributed by atoms with Crippen molar-refractivity contribution in [2.75, 3.05) is 5.32 Å². The molecule has 1 aliphatic heterocycles. The molecular weight excluding hydrogens is 276 g/mol. The number of anilines is 1. The Morgan fingerprint density at radius 2 is 2.05 bits per heavy atom. The van der Waals surface area contributed by atoms with Gasteiger partial charge in [-0.05, 0) is 53.8 Å². The van der Waals surface area contributed by atoms with Gasteiger partial charge in [0.1, 0.15) is 0 Å². The predicted molar refractivity (Wildman–Crippen MR) is 84.0 cm³/mol. The first-order chi connectivity index (χ1) is 10.7. The molecule has 0 saturated carbocycles. The van der Waals surface area contributed by atoms with E-state index in [1.54, 1.807) is 12.1 Å². The SMILES string of the molecule is O=C(O)c1ccc2c(c1)[C@H]1C=CC[C@@H]1[C@H](c1ccncc1)N2. The Balaban J connectivity index is 1.79. The fraction of sp³-hybridized carbons (Fsp3) is 0.222. The van der Waals surface area contributed by atoms with Gasteiger partial charge < -0.3 is 10.4 Å². The van der Waals surface area contributed by atoms with Crippen LogP contribution in [-0.4, -0.2) is 16.1 Å². The molecule has 0 spiro atoms. The Kier molecular flexibility index (Phi) is 2.96. The van der Waals surface area contributed by atoms with Gasteiger partial charge in [0.15, 0.2) is 0 Å². The summed E-state index contributed by atoms with van der Waals surface area (Å²) in [6.45, 7) is 0. The zero-order valence-electron chi connectivity index (χ0n) is 11.9. The van der Waals surface area contributed by atoms with Crippen LogP contribution in [0.25, 0.3) is 0 Å². The fourth-order valence-electron chi connectivity index (χ4n) is 3.63. The summed E-state index contributed by atoms with van der Waals surface area (Å²) in [4.78, 5) is 15.3. The van der Waals surface area contributed by atoms with Gasteiger partial charge in [0.25, 0.3) is 0 Å². The third-order valence-electron chi connectivity index (χ3n) is 4.67. The zero-order chi connectivity index (χ0) is 15.1. The number of carboxylic acids is 1. The second-order valence-corrected chi connectivity index (χ2v) is 5.86. The van der Waals surface area contributed by atoms with Crippen molar-refractivity contribution in [1.29, 1.82) is 0 Å². The Morgan fingerprint density at radius 1 is 1.23 bits per heavy atom. The lowest BCUT2D eigenvalue weighted by Crippen LogP contribution is -2.29. The molecule has 2 aliphatic rings. The van der Waals surface area contributed by atoms with E-state index in [0.717, 1.165) is 17.7 Å². The van der Waals surface area contributed by atoms with Crippen molar-refractivity contribution >= 4 is 11.7 Å². The van der Waals surface area contributed by atoms with E-state index in [-0.39, 0.29) is 12.0 Å². The van der Waals surface area contributed by atoms with E-state index in [9.17, 15) is 9.90 Å². The molecular formula is C18H16N2O2. The van der Waals surface area contributed by atoms with Gasteiger partial charge >= 0.3 is 5.97 Å². The maximum atomic E-state index is 11.2. The van der Waals surface area contributed by atoms with Gasteiger partial charge in [-0.25, -0.2) is 4.79 Å². The average Bonchev–Trinajstić information content (AvgIpc) is 3.04. The molecule has 0 radical (unpaired) electrons. The van der Waals surface area contributed by atoms with E-state index < -0.39 is 5.97 Å². The zero-order valence-corrected chi connectivity index (χ0v) is 11.9. The maximum Gasteiger partial charge on any atom is 0.335 e. The highest BCUT2D eigenvalue weighted by Gasteiger charge is 2.38. The molecule has 1 aliphatic carbocycles. The molecule has 2 heterocycles. The first kappa shape index (κ1) is 13.1. The molecule has 1 aromatic carbocycles. The lowest BCUT2D eigenvalue weighted by molar-refractivity contribution is 0.0696. The Bertz CT molecular complexity index is 755. The molecule has 22 heavy (non-hydrogen) atoms. The van der Waals surface area contributed by atoms with Crippen molar-refractivity contribution in [2.45, 2.75) is 18.4 Å². The summed E-state index contributed by atoms with van der Waals surface area (Å²) in [5.41, 5.74) is 3.69. The van der Waals surface area contributed by atoms with Gasteiger partial charge in [-0.15, -0.1) is 0 Å². The van der Waals surface area contributed by atoms with E-state index in [1.165, 1.54) is 5.56 Å². The van der Waals surface area contributed by atoms with Gasteiger partial charge in [-0.3, -0.25) is 4.98 Å². The van der Waals surface area contributed by atoms with Gasteiger partial charge in [0, 0.05) is 24.0 Å². The number of aromatic carboxylic acids is 1. The number of benzene rings is 1. The largest absolute Gasteiger partial charge is 0.478 e. The smallest absolute Gasteiger partial charge is 0.335 e. The number of aromatic nitrogens is 1. The van der Waals surface area contributed by atoms with Gasteiger partial charge in [0.2, 0.25) is 0 Å². The molecule has 2 aromatic rings. The number of carbonyl (C=O) groups is 1. The van der Waals surface area contributed by atoms with Crippen LogP contribution in [0.2, 0.25) is 0 Å². The molecule has 110 valence electrons. The number of fused-ring (bicyclic) bond motifs is 3. The van der Waals surface area contributed by atoms with Crippen molar-refractivity contribution in [3.63, 3.8) is 0 Å². The van der Waals surface area contributed by atoms with E-state index in [4.69, 9.17) is 0 Å². The highest BCUT2D eigenvalue weighted by atomic mass is 16.4. The molecule has 0 amide bonds. The second kappa shape index (κ2) is 4.98. The van der Waals surface area contributed by atoms with Crippen LogP contribution in [0.5, 0.6) is 0 Å². The van der Waals surface area contributed by atoms with E-state index >= 15 is 0 Å². The summed E-state index contributed by atoms with van der Waals surface area (Å²) in [6.07, 6.45) is 9.05. The number of nitrogens with zero attached hydrogens (tertiary/aromatic N) is 1. The normalized spacial score (nSPS) is 25.2. The first-order valence-electron chi connectivity index (χ1n) is 7.44. The number of allylic oxidation sites excluding steroid dienone is 2. The third kappa shape index (κ3) is 1.99. The summed E-state index contributed by atoms with van der Waals surface area (Å²) in [7, 11) is 0. The van der Waals surface area contributed by atoms with E-state index in [2.05, 4.69) is 22.5 Å². The fourth-order valence-corrected chi connectivity index (χ4v) is 3.63. The Hall–Kier alpha value is -2.62. The van der Waals surface area contributed by atoms with Crippen LogP contribution in [0.1, 0.15) is 39.9 Å². The summed E-state index contributed by atoms with van der Waals surface area (Å²) < 4.78 is 0. The summed E-state index contributed by atoms with van der Waals surface area (Å²) >= 11 is 0. The van der Waals surface area contributed by atoms with Crippen molar-refractivity contribution in [1.82, 2.24) is 4.98 Å². The quantitative estimate of drug-likeness (QED) is 0.830. The molecule has 4 heteroatoms. The lowest BCUT2D eigenvalue weighted by Gasteiger charge is -2.37. The Labute approximate surface area is 128 Å². The van der Waals surface area contributed by atoms with Crippen LogP contribution >= 0.6 is 0 Å². The van der Waals surface area contributed by atoms with Crippen LogP contribution < -0.4 is 5.32 Å². The molecule has 1 aromatic heterocycles. The predicted octanol–water partition coefficient (Wildman–Crippen LogP) is 3.61. The molecule has 0 fully saturated rings. The number of hydrogen-bond acceptors (Lipinski definition) is 3. The van der Waals surface area contributed by atoms with Crippen molar-refractivity contribution < 1.29 is 9.90 Å². The van der Waals surface area contributed by atoms with Gasteiger partial charge in [0.05, 0.1) is 11.6 Å². The summed E-state index contributed by atoms with van der Waals surface area (Å²) in [5, 5.41) is 12.8. The lowest BCUT2D eigenvalue weighted by atomic mass is 9.77. The van der Waals surface area contributed by atoms with Crippen LogP contribution in [0, 0.1) is 5.92 Å². The number of rotatable bonds is 2. The molecule has 3 atom stereocenters. The molecule has 0 bridgehead atoms. The van der Waals surface area contributed by atoms with E-state index in [1.807, 2.05) is 30.6 Å². The number of nitrogens with one attached hydrogen (secondary N) is 1. The van der Waals surface area contributed by atoms with E-state index in [0.29, 0.717) is 11.5 Å². The topological polar surface area (TPSA) is 62.2 Å². The average molecular weight is 292 g/mol. The van der Waals surface area contributed by atoms with Crippen LogP contribution in [0.4, 0.5) is 5.69 Å². The molecule has 4 nitrogen and oxygen atoms in total. The van der Waals surface area contributed by atoms with Crippen molar-refractivity contribution in [3.05, 3.63) is 71.6 Å². The van der Waals surface area contributed by atoms with Crippen molar-refractivity contribution in [2.24, 2.45) is 5.92 Å². The van der Waals surface area contributed by atoms with Crippen LogP contribution in [-0.2, 0) is 0 Å². The Morgan fingerprint density at radius 3 is 2.82 bits per heavy atom. The molecule has 4 rings (SSSR count). The monoisotopic (exact) mass is 292 g/mol. The van der Waals surface area contributed by atoms with Gasteiger partial charge in [-0.2, -0.15) is 0 Å². The van der Waals surface area contributed by atoms with Crippen molar-refractivity contribution in [3.8, 4) is 0 Å². The number of hydrogen-bond donors (Lipinski definition) is 2. The third-order valence-corrected chi connectivity index (χ3v) is 4.67. The number of pyridine rings is 1. The minimum absolute atomic E-state index is 0.228. The summed E-state index contributed by atoms with van der Waals surface area (Å²) in [5.74, 6) is -0.190. The number of carboxylic acid groups (broad SMARTS) is 1. The standard InChI is InChI=1S/C18H16N2O2/c21-18(22)12-4-5-16-15(10-12)13-2-1-3-14(13)17(20-16)11-6-8-19-9-7-11/h1-2,4-10,13-14,17,20H,3H2,(H,21,22)/t13-,14-,17-/m0/s1. The first-order valence-corrected chi connectivity index (χ1v) is 7.44. The summed E-state index contributed by atoms with van der Waals surface area (Å²) in [6, 6.07) is 9.67. The molecule has 2 N–H and O–H groups in total. The second-order valence-electron chi connectivity index (χ2n) is 5.86. The van der Waals surface area contributed by atoms with Crippen LogP contribution in [0.3, 0.4) is 0 Å². The highest BCUT2D eigenvalue weighted by molar-refractivity contribution is 5.89. The highest BCUT2D eigenvalue weighted by Crippen LogP contribution is 2.49. The molecule has 0 unspecified atom stereocenters. The minimum atomic E-state index is -0.877. The minimum Gasteiger partial charge on any atom is -0.478 e. The van der Waals surface area contributed by atoms with Crippen LogP contribution in [0.15, 0.2) is 54.9 Å². The maximum absolute atomic E-state index is 11.2. The van der Waals surface area contributed by atoms with Gasteiger partial charge in [-0.1, -0.05) is 12.2 Å². The molecule has 0 saturated heterocycles.